The molecule has 1 aromatic rings. The molecule has 1 amide bonds. The topological polar surface area (TPSA) is 64.8 Å². The normalized spacial score (nSPS) is 15.5. The van der Waals surface area contributed by atoms with Gasteiger partial charge >= 0.3 is 0 Å². The molecule has 5 nitrogen and oxygen atoms in total. The zero-order chi connectivity index (χ0) is 14.7. The molecule has 0 bridgehead atoms. The van der Waals surface area contributed by atoms with E-state index in [1.807, 2.05) is 24.0 Å². The van der Waals surface area contributed by atoms with Crippen LogP contribution < -0.4 is 15.2 Å². The van der Waals surface area contributed by atoms with Gasteiger partial charge in [0.05, 0.1) is 14.2 Å². The molecule has 20 heavy (non-hydrogen) atoms. The van der Waals surface area contributed by atoms with Crippen LogP contribution in [0.15, 0.2) is 12.1 Å². The fourth-order valence-corrected chi connectivity index (χ4v) is 2.50. The molecule has 1 aliphatic heterocycles. The maximum atomic E-state index is 12.1. The fraction of sp³-hybridized carbons (Fsp3) is 0.533. The van der Waals surface area contributed by atoms with E-state index in [0.29, 0.717) is 18.7 Å². The smallest absolute Gasteiger partial charge is 0.224 e. The van der Waals surface area contributed by atoms with Gasteiger partial charge in [-0.2, -0.15) is 0 Å². The number of rotatable bonds is 4. The van der Waals surface area contributed by atoms with Crippen LogP contribution >= 0.6 is 0 Å². The second-order valence-corrected chi connectivity index (χ2v) is 5.22. The van der Waals surface area contributed by atoms with Crippen molar-refractivity contribution < 1.29 is 14.3 Å². The van der Waals surface area contributed by atoms with E-state index in [1.165, 1.54) is 5.56 Å². The Kier molecular flexibility index (Phi) is 4.49. The minimum Gasteiger partial charge on any atom is -0.493 e. The van der Waals surface area contributed by atoms with E-state index in [9.17, 15) is 4.79 Å². The molecule has 1 atom stereocenters. The highest BCUT2D eigenvalue weighted by Gasteiger charge is 2.23. The van der Waals surface area contributed by atoms with Crippen molar-refractivity contribution in [3.63, 3.8) is 0 Å². The first kappa shape index (κ1) is 14.7. The molecule has 1 heterocycles. The van der Waals surface area contributed by atoms with Gasteiger partial charge < -0.3 is 20.1 Å². The standard InChI is InChI=1S/C15H22N2O3/c1-10(16)6-15(18)17-5-4-11-7-13(19-2)14(20-3)8-12(11)9-17/h7-8,10H,4-6,9,16H2,1-3H3. The molecule has 1 aliphatic rings. The number of benzene rings is 1. The predicted molar refractivity (Wildman–Crippen MR) is 76.9 cm³/mol. The maximum Gasteiger partial charge on any atom is 0.224 e. The van der Waals surface area contributed by atoms with Crippen molar-refractivity contribution >= 4 is 5.91 Å². The van der Waals surface area contributed by atoms with Gasteiger partial charge in [0.15, 0.2) is 11.5 Å². The maximum absolute atomic E-state index is 12.1. The Labute approximate surface area is 119 Å². The van der Waals surface area contributed by atoms with Crippen LogP contribution in [0.1, 0.15) is 24.5 Å². The molecule has 0 spiro atoms. The molecule has 0 saturated carbocycles. The fourth-order valence-electron chi connectivity index (χ4n) is 2.50. The summed E-state index contributed by atoms with van der Waals surface area (Å²) in [5.74, 6) is 1.55. The molecule has 110 valence electrons. The van der Waals surface area contributed by atoms with Crippen LogP contribution in [0.25, 0.3) is 0 Å². The van der Waals surface area contributed by atoms with Crippen molar-refractivity contribution in [2.24, 2.45) is 5.73 Å². The zero-order valence-electron chi connectivity index (χ0n) is 12.3. The van der Waals surface area contributed by atoms with E-state index in [4.69, 9.17) is 15.2 Å². The highest BCUT2D eigenvalue weighted by atomic mass is 16.5. The zero-order valence-corrected chi connectivity index (χ0v) is 12.3. The lowest BCUT2D eigenvalue weighted by Gasteiger charge is -2.30. The van der Waals surface area contributed by atoms with Gasteiger partial charge in [-0.1, -0.05) is 0 Å². The van der Waals surface area contributed by atoms with E-state index in [2.05, 4.69) is 0 Å². The lowest BCUT2D eigenvalue weighted by atomic mass is 9.98. The predicted octanol–water partition coefficient (Wildman–Crippen LogP) is 1.33. The summed E-state index contributed by atoms with van der Waals surface area (Å²) < 4.78 is 10.6. The molecule has 0 aromatic heterocycles. The van der Waals surface area contributed by atoms with Crippen LogP contribution in [0.3, 0.4) is 0 Å². The monoisotopic (exact) mass is 278 g/mol. The number of carbonyl (C=O) groups is 1. The first-order valence-corrected chi connectivity index (χ1v) is 6.82. The lowest BCUT2D eigenvalue weighted by molar-refractivity contribution is -0.132. The van der Waals surface area contributed by atoms with Crippen molar-refractivity contribution in [1.29, 1.82) is 0 Å². The number of hydrogen-bond acceptors (Lipinski definition) is 4. The number of nitrogens with two attached hydrogens (primary N) is 1. The quantitative estimate of drug-likeness (QED) is 0.902. The second kappa shape index (κ2) is 6.13. The Bertz CT molecular complexity index is 500. The van der Waals surface area contributed by atoms with Crippen LogP contribution in [0, 0.1) is 0 Å². The third-order valence-corrected chi connectivity index (χ3v) is 3.57. The molecule has 0 fully saturated rings. The Morgan fingerprint density at radius 2 is 1.90 bits per heavy atom. The summed E-state index contributed by atoms with van der Waals surface area (Å²) >= 11 is 0. The van der Waals surface area contributed by atoms with Crippen LogP contribution in [0.4, 0.5) is 0 Å². The van der Waals surface area contributed by atoms with E-state index in [-0.39, 0.29) is 11.9 Å². The third-order valence-electron chi connectivity index (χ3n) is 3.57. The summed E-state index contributed by atoms with van der Waals surface area (Å²) in [6, 6.07) is 3.86. The third kappa shape index (κ3) is 3.04. The summed E-state index contributed by atoms with van der Waals surface area (Å²) in [7, 11) is 3.25. The van der Waals surface area contributed by atoms with Gasteiger partial charge in [-0.15, -0.1) is 0 Å². The molecule has 2 N–H and O–H groups in total. The second-order valence-electron chi connectivity index (χ2n) is 5.22. The molecular formula is C15H22N2O3. The average Bonchev–Trinajstić information content (AvgIpc) is 2.44. The Morgan fingerprint density at radius 1 is 1.30 bits per heavy atom. The van der Waals surface area contributed by atoms with Crippen molar-refractivity contribution in [2.75, 3.05) is 20.8 Å². The van der Waals surface area contributed by atoms with Crippen molar-refractivity contribution in [2.45, 2.75) is 32.4 Å². The molecule has 2 rings (SSSR count). The van der Waals surface area contributed by atoms with E-state index >= 15 is 0 Å². The summed E-state index contributed by atoms with van der Waals surface area (Å²) in [5.41, 5.74) is 8.03. The highest BCUT2D eigenvalue weighted by molar-refractivity contribution is 5.77. The van der Waals surface area contributed by atoms with Crippen molar-refractivity contribution in [3.05, 3.63) is 23.3 Å². The van der Waals surface area contributed by atoms with E-state index < -0.39 is 0 Å². The van der Waals surface area contributed by atoms with E-state index in [0.717, 1.165) is 24.3 Å². The average molecular weight is 278 g/mol. The molecular weight excluding hydrogens is 256 g/mol. The minimum atomic E-state index is -0.102. The van der Waals surface area contributed by atoms with Gasteiger partial charge in [0.2, 0.25) is 5.91 Å². The number of ether oxygens (including phenoxy) is 2. The summed E-state index contributed by atoms with van der Waals surface area (Å²) in [5, 5.41) is 0. The van der Waals surface area contributed by atoms with Crippen LogP contribution in [-0.4, -0.2) is 37.6 Å². The van der Waals surface area contributed by atoms with Gasteiger partial charge in [-0.25, -0.2) is 0 Å². The SMILES string of the molecule is COc1cc2c(cc1OC)CN(C(=O)CC(C)N)CC2. The molecule has 1 unspecified atom stereocenters. The number of amides is 1. The lowest BCUT2D eigenvalue weighted by Crippen LogP contribution is -2.38. The minimum absolute atomic E-state index is 0.102. The number of hydrogen-bond donors (Lipinski definition) is 1. The van der Waals surface area contributed by atoms with Crippen LogP contribution in [-0.2, 0) is 17.8 Å². The number of carbonyl (C=O) groups excluding carboxylic acids is 1. The highest BCUT2D eigenvalue weighted by Crippen LogP contribution is 2.33. The summed E-state index contributed by atoms with van der Waals surface area (Å²) in [6.45, 7) is 3.19. The number of methoxy groups -OCH3 is 2. The number of fused-ring (bicyclic) bond motifs is 1. The molecule has 1 aromatic carbocycles. The van der Waals surface area contributed by atoms with Gasteiger partial charge in [-0.05, 0) is 36.6 Å². The Balaban J connectivity index is 2.19. The molecule has 0 aliphatic carbocycles. The van der Waals surface area contributed by atoms with Crippen molar-refractivity contribution in [1.82, 2.24) is 4.90 Å². The largest absolute Gasteiger partial charge is 0.493 e. The van der Waals surface area contributed by atoms with Gasteiger partial charge in [0.1, 0.15) is 0 Å². The first-order valence-electron chi connectivity index (χ1n) is 6.82. The van der Waals surface area contributed by atoms with Crippen LogP contribution in [0.5, 0.6) is 11.5 Å². The summed E-state index contributed by atoms with van der Waals surface area (Å²) in [6.07, 6.45) is 1.23. The molecule has 0 saturated heterocycles. The number of nitrogens with zero attached hydrogens (tertiary/aromatic N) is 1. The van der Waals surface area contributed by atoms with Crippen LogP contribution in [0.2, 0.25) is 0 Å². The summed E-state index contributed by atoms with van der Waals surface area (Å²) in [4.78, 5) is 13.9. The van der Waals surface area contributed by atoms with Gasteiger partial charge in [0.25, 0.3) is 0 Å². The van der Waals surface area contributed by atoms with Gasteiger partial charge in [-0.3, -0.25) is 4.79 Å². The van der Waals surface area contributed by atoms with Gasteiger partial charge in [0, 0.05) is 25.6 Å². The molecule has 5 heteroatoms. The van der Waals surface area contributed by atoms with E-state index in [1.54, 1.807) is 14.2 Å². The Morgan fingerprint density at radius 3 is 2.45 bits per heavy atom. The first-order chi connectivity index (χ1) is 9.55. The Hall–Kier alpha value is -1.75. The van der Waals surface area contributed by atoms with Crippen molar-refractivity contribution in [3.8, 4) is 11.5 Å². The molecule has 0 radical (unpaired) electrons.